The molecule has 6 nitrogen and oxygen atoms in total. The van der Waals surface area contributed by atoms with Crippen LogP contribution in [0.4, 0.5) is 4.39 Å². The summed E-state index contributed by atoms with van der Waals surface area (Å²) in [6.07, 6.45) is 8.98. The molecule has 3 rings (SSSR count). The number of halogens is 2. The maximum absolute atomic E-state index is 13.9. The molecule has 0 bridgehead atoms. The predicted octanol–water partition coefficient (Wildman–Crippen LogP) is 5.36. The van der Waals surface area contributed by atoms with E-state index in [1.165, 1.54) is 29.9 Å². The van der Waals surface area contributed by atoms with Crippen molar-refractivity contribution in [3.8, 4) is 0 Å². The second-order valence-electron chi connectivity index (χ2n) is 6.95. The second kappa shape index (κ2) is 11.9. The van der Waals surface area contributed by atoms with Gasteiger partial charge in [0.1, 0.15) is 23.9 Å². The lowest BCUT2D eigenvalue weighted by atomic mass is 9.85. The quantitative estimate of drug-likeness (QED) is 0.100. The Morgan fingerprint density at radius 1 is 1.31 bits per heavy atom. The number of ether oxygens (including phenoxy) is 1. The monoisotopic (exact) mass is 517 g/mol. The summed E-state index contributed by atoms with van der Waals surface area (Å²) < 4.78 is 31.1. The van der Waals surface area contributed by atoms with Crippen LogP contribution in [0.3, 0.4) is 0 Å². The summed E-state index contributed by atoms with van der Waals surface area (Å²) in [5.74, 6) is -0.339. The Morgan fingerprint density at radius 3 is 2.75 bits per heavy atom. The van der Waals surface area contributed by atoms with Gasteiger partial charge in [-0.15, -0.1) is 11.6 Å². The fourth-order valence-electron chi connectivity index (χ4n) is 3.44. The number of benzene rings is 1. The minimum absolute atomic E-state index is 0.0218. The van der Waals surface area contributed by atoms with E-state index in [9.17, 15) is 4.39 Å². The summed E-state index contributed by atoms with van der Waals surface area (Å²) in [5.41, 5.74) is 2.12. The molecule has 1 saturated heterocycles. The molecule has 1 fully saturated rings. The summed E-state index contributed by atoms with van der Waals surface area (Å²) in [6.45, 7) is 5.04. The highest BCUT2D eigenvalue weighted by molar-refractivity contribution is 8.72. The van der Waals surface area contributed by atoms with Crippen molar-refractivity contribution >= 4 is 52.4 Å². The maximum Gasteiger partial charge on any atom is 0.253 e. The van der Waals surface area contributed by atoms with Crippen molar-refractivity contribution in [1.82, 2.24) is 5.43 Å². The molecule has 0 aromatic heterocycles. The highest BCUT2D eigenvalue weighted by Crippen LogP contribution is 2.59. The van der Waals surface area contributed by atoms with Crippen molar-refractivity contribution in [2.45, 2.75) is 30.9 Å². The van der Waals surface area contributed by atoms with E-state index in [1.807, 2.05) is 44.2 Å². The topological polar surface area (TPSA) is 67.7 Å². The van der Waals surface area contributed by atoms with Crippen LogP contribution >= 0.6 is 28.7 Å². The first-order valence-electron chi connectivity index (χ1n) is 10.2. The van der Waals surface area contributed by atoms with Crippen LogP contribution in [0.2, 0.25) is 0 Å². The van der Waals surface area contributed by atoms with Gasteiger partial charge in [-0.1, -0.05) is 36.4 Å². The molecule has 2 aliphatic rings. The number of allylic oxidation sites excluding steroid dienone is 3. The van der Waals surface area contributed by atoms with Crippen LogP contribution in [-0.4, -0.2) is 43.1 Å². The molecule has 4 unspecified atom stereocenters. The van der Waals surface area contributed by atoms with Crippen molar-refractivity contribution in [3.63, 3.8) is 0 Å². The van der Waals surface area contributed by atoms with Gasteiger partial charge < -0.3 is 19.2 Å². The smallest absolute Gasteiger partial charge is 0.253 e. The average Bonchev–Trinajstić information content (AvgIpc) is 3.49. The number of rotatable bonds is 12. The number of epoxide rings is 1. The van der Waals surface area contributed by atoms with Gasteiger partial charge in [-0.05, 0) is 54.7 Å². The summed E-state index contributed by atoms with van der Waals surface area (Å²) in [4.78, 5) is 4.11. The zero-order valence-corrected chi connectivity index (χ0v) is 21.0. The lowest BCUT2D eigenvalue weighted by Gasteiger charge is -2.20. The van der Waals surface area contributed by atoms with Gasteiger partial charge in [0, 0.05) is 5.92 Å². The normalized spacial score (nSPS) is 27.4. The number of aliphatic imine (C=N–C) groups is 1. The summed E-state index contributed by atoms with van der Waals surface area (Å²) in [5, 5.41) is 3.93. The van der Waals surface area contributed by atoms with Gasteiger partial charge in [-0.25, -0.2) is 9.38 Å². The fraction of sp³-hybridized carbons (Fsp3) is 0.429. The Bertz CT molecular complexity index is 939. The molecule has 0 radical (unpaired) electrons. The molecule has 32 heavy (non-hydrogen) atoms. The minimum atomic E-state index is -2.43. The molecular formula is C21H26ClFN3O3PS2. The first kappa shape index (κ1) is 25.6. The third-order valence-corrected chi connectivity index (χ3v) is 10.0. The van der Waals surface area contributed by atoms with Crippen molar-refractivity contribution in [3.05, 3.63) is 60.0 Å². The van der Waals surface area contributed by atoms with E-state index >= 15 is 0 Å². The van der Waals surface area contributed by atoms with E-state index in [1.54, 1.807) is 11.6 Å². The van der Waals surface area contributed by atoms with E-state index < -0.39 is 11.3 Å². The largest absolute Gasteiger partial charge is 0.358 e. The second-order valence-corrected chi connectivity index (χ2v) is 13.5. The molecule has 0 amide bonds. The van der Waals surface area contributed by atoms with Gasteiger partial charge in [-0.3, -0.25) is 0 Å². The van der Waals surface area contributed by atoms with Gasteiger partial charge in [0.25, 0.3) is 5.69 Å². The molecule has 1 aromatic rings. The Labute approximate surface area is 202 Å². The van der Waals surface area contributed by atoms with E-state index in [2.05, 4.69) is 15.5 Å². The Hall–Kier alpha value is -1.06. The zero-order chi connectivity index (χ0) is 23.0. The van der Waals surface area contributed by atoms with Gasteiger partial charge in [0.2, 0.25) is 0 Å². The average molecular weight is 518 g/mol. The number of hydrogen-bond acceptors (Lipinski definition) is 7. The lowest BCUT2D eigenvalue weighted by molar-refractivity contribution is 0.278. The number of alkyl halides is 1. The van der Waals surface area contributed by atoms with Crippen molar-refractivity contribution < 1.29 is 18.2 Å². The number of hydrazone groups is 1. The zero-order valence-electron chi connectivity index (χ0n) is 17.8. The summed E-state index contributed by atoms with van der Waals surface area (Å²) >= 11 is 13.1. The fourth-order valence-corrected chi connectivity index (χ4v) is 7.28. The minimum Gasteiger partial charge on any atom is -0.358 e. The van der Waals surface area contributed by atoms with E-state index in [0.717, 1.165) is 5.56 Å². The first-order chi connectivity index (χ1) is 15.4. The van der Waals surface area contributed by atoms with Crippen LogP contribution in [0.5, 0.6) is 0 Å². The van der Waals surface area contributed by atoms with Crippen LogP contribution < -0.4 is 5.43 Å². The van der Waals surface area contributed by atoms with Crippen molar-refractivity contribution in [2.75, 3.05) is 19.8 Å². The number of hydrogen-bond donors (Lipinski definition) is 1. The molecule has 4 atom stereocenters. The summed E-state index contributed by atoms with van der Waals surface area (Å²) in [7, 11) is 0. The Morgan fingerprint density at radius 2 is 2.06 bits per heavy atom. The molecule has 1 aliphatic carbocycles. The molecule has 0 saturated carbocycles. The van der Waals surface area contributed by atoms with E-state index in [-0.39, 0.29) is 23.2 Å². The van der Waals surface area contributed by atoms with Crippen molar-refractivity contribution in [2.24, 2.45) is 16.0 Å². The van der Waals surface area contributed by atoms with E-state index in [4.69, 9.17) is 37.2 Å². The Kier molecular flexibility index (Phi) is 9.49. The van der Waals surface area contributed by atoms with Crippen LogP contribution in [-0.2, 0) is 31.2 Å². The number of nitrogens with zero attached hydrogens (tertiary/aromatic N) is 2. The molecule has 0 spiro atoms. The standard InChI is InChI=1S/C21H26ClFN3O3PS2/c1-3-27-30(31,28-4-2)32-15-24-14-26-25-13-21(16-8-7-9-17(23)12-16)20(29-21)18-10-5-6-11-19(18)22/h5-12,14-15,18-20,25H,3-4,13H2,1-2H3/b24-15?,26-14-. The van der Waals surface area contributed by atoms with Gasteiger partial charge >= 0.3 is 0 Å². The van der Waals surface area contributed by atoms with Crippen molar-refractivity contribution in [1.29, 1.82) is 0 Å². The van der Waals surface area contributed by atoms with Crippen LogP contribution in [0.25, 0.3) is 0 Å². The number of nitrogens with one attached hydrogen (secondary N) is 1. The summed E-state index contributed by atoms with van der Waals surface area (Å²) in [6, 6.07) is 6.42. The van der Waals surface area contributed by atoms with Gasteiger partial charge in [0.05, 0.1) is 30.7 Å². The first-order valence-corrected chi connectivity index (χ1v) is 14.8. The van der Waals surface area contributed by atoms with E-state index in [0.29, 0.717) is 19.8 Å². The third-order valence-electron chi connectivity index (χ3n) is 4.88. The van der Waals surface area contributed by atoms with Gasteiger partial charge in [-0.2, -0.15) is 5.10 Å². The molecular weight excluding hydrogens is 492 g/mol. The third kappa shape index (κ3) is 6.50. The lowest BCUT2D eigenvalue weighted by Crippen LogP contribution is -2.31. The predicted molar refractivity (Wildman–Crippen MR) is 134 cm³/mol. The maximum atomic E-state index is 13.9. The SMILES string of the molecule is CCOP(=S)(OCC)SC=N/C=N\NCC1(c2cccc(F)c2)OC1C1C=CC=CC1Cl. The highest BCUT2D eigenvalue weighted by atomic mass is 35.5. The Balaban J connectivity index is 1.62. The van der Waals surface area contributed by atoms with Crippen LogP contribution in [0, 0.1) is 11.7 Å². The van der Waals surface area contributed by atoms with Crippen LogP contribution in [0.15, 0.2) is 58.7 Å². The highest BCUT2D eigenvalue weighted by Gasteiger charge is 2.61. The van der Waals surface area contributed by atoms with Gasteiger partial charge in [0.15, 0.2) is 0 Å². The molecule has 1 N–H and O–H groups in total. The molecule has 1 heterocycles. The molecule has 11 heteroatoms. The molecule has 1 aliphatic heterocycles. The molecule has 174 valence electrons. The molecule has 1 aromatic carbocycles. The van der Waals surface area contributed by atoms with Crippen LogP contribution in [0.1, 0.15) is 19.4 Å².